The van der Waals surface area contributed by atoms with E-state index in [4.69, 9.17) is 15.2 Å². The number of hydrogen-bond donors (Lipinski definition) is 1. The summed E-state index contributed by atoms with van der Waals surface area (Å²) in [6.07, 6.45) is 0.969. The Balaban J connectivity index is 1.97. The summed E-state index contributed by atoms with van der Waals surface area (Å²) in [5.74, 6) is 1.53. The van der Waals surface area contributed by atoms with Crippen LogP contribution >= 0.6 is 0 Å². The van der Waals surface area contributed by atoms with Crippen molar-refractivity contribution in [1.29, 1.82) is 0 Å². The standard InChI is InChI=1S/C13H19NO3S/c1-16-11-3-2-4-12(7-11)18(15)9-13(14)10-5-6-17-8-10/h2-4,7,10,13H,5-6,8-9,14H2,1H3. The molecule has 1 heterocycles. The van der Waals surface area contributed by atoms with Crippen molar-refractivity contribution in [1.82, 2.24) is 0 Å². The van der Waals surface area contributed by atoms with Crippen molar-refractivity contribution in [2.24, 2.45) is 11.7 Å². The van der Waals surface area contributed by atoms with Crippen LogP contribution in [0.25, 0.3) is 0 Å². The van der Waals surface area contributed by atoms with Crippen molar-refractivity contribution in [3.8, 4) is 5.75 Å². The number of hydrogen-bond acceptors (Lipinski definition) is 4. The molecule has 3 atom stereocenters. The van der Waals surface area contributed by atoms with Crippen LogP contribution in [0, 0.1) is 5.92 Å². The first-order valence-electron chi connectivity index (χ1n) is 6.06. The second kappa shape index (κ2) is 6.31. The molecule has 3 unspecified atom stereocenters. The van der Waals surface area contributed by atoms with E-state index >= 15 is 0 Å². The van der Waals surface area contributed by atoms with Gasteiger partial charge in [-0.15, -0.1) is 0 Å². The SMILES string of the molecule is COc1cccc(S(=O)CC(N)C2CCOC2)c1. The summed E-state index contributed by atoms with van der Waals surface area (Å²) in [4.78, 5) is 0.767. The molecule has 2 rings (SSSR count). The largest absolute Gasteiger partial charge is 0.497 e. The summed E-state index contributed by atoms with van der Waals surface area (Å²) in [5.41, 5.74) is 6.08. The van der Waals surface area contributed by atoms with E-state index in [9.17, 15) is 4.21 Å². The van der Waals surface area contributed by atoms with E-state index in [0.29, 0.717) is 18.3 Å². The van der Waals surface area contributed by atoms with Crippen molar-refractivity contribution in [3.63, 3.8) is 0 Å². The fourth-order valence-corrected chi connectivity index (χ4v) is 3.33. The van der Waals surface area contributed by atoms with Gasteiger partial charge in [-0.05, 0) is 24.6 Å². The Morgan fingerprint density at radius 3 is 3.11 bits per heavy atom. The lowest BCUT2D eigenvalue weighted by Gasteiger charge is -2.17. The predicted octanol–water partition coefficient (Wildman–Crippen LogP) is 1.17. The smallest absolute Gasteiger partial charge is 0.120 e. The maximum Gasteiger partial charge on any atom is 0.120 e. The molecule has 0 saturated carbocycles. The highest BCUT2D eigenvalue weighted by atomic mass is 32.2. The van der Waals surface area contributed by atoms with Crippen LogP contribution in [-0.4, -0.2) is 36.3 Å². The van der Waals surface area contributed by atoms with Crippen molar-refractivity contribution in [2.45, 2.75) is 17.4 Å². The summed E-state index contributed by atoms with van der Waals surface area (Å²) in [5, 5.41) is 0. The predicted molar refractivity (Wildman–Crippen MR) is 71.2 cm³/mol. The van der Waals surface area contributed by atoms with Gasteiger partial charge in [-0.3, -0.25) is 4.21 Å². The lowest BCUT2D eigenvalue weighted by atomic mass is 10.0. The molecule has 2 N–H and O–H groups in total. The zero-order chi connectivity index (χ0) is 13.0. The van der Waals surface area contributed by atoms with Crippen LogP contribution in [0.1, 0.15) is 6.42 Å². The Bertz CT molecular complexity index is 418. The second-order valence-corrected chi connectivity index (χ2v) is 5.97. The van der Waals surface area contributed by atoms with Gasteiger partial charge in [0.2, 0.25) is 0 Å². The molecule has 100 valence electrons. The average molecular weight is 269 g/mol. The molecule has 18 heavy (non-hydrogen) atoms. The molecule has 0 bridgehead atoms. The molecule has 1 aliphatic heterocycles. The van der Waals surface area contributed by atoms with Crippen LogP contribution in [0.4, 0.5) is 0 Å². The third-order valence-corrected chi connectivity index (χ3v) is 4.69. The van der Waals surface area contributed by atoms with E-state index in [1.807, 2.05) is 18.2 Å². The topological polar surface area (TPSA) is 61.5 Å². The Hall–Kier alpha value is -0.910. The number of methoxy groups -OCH3 is 1. The Labute approximate surface area is 110 Å². The summed E-state index contributed by atoms with van der Waals surface area (Å²) >= 11 is 0. The summed E-state index contributed by atoms with van der Waals surface area (Å²) < 4.78 is 22.6. The Kier molecular flexibility index (Phi) is 4.74. The second-order valence-electron chi connectivity index (χ2n) is 4.48. The fourth-order valence-electron chi connectivity index (χ4n) is 2.04. The minimum atomic E-state index is -1.08. The third-order valence-electron chi connectivity index (χ3n) is 3.22. The highest BCUT2D eigenvalue weighted by Gasteiger charge is 2.24. The lowest BCUT2D eigenvalue weighted by Crippen LogP contribution is -2.35. The third kappa shape index (κ3) is 3.31. The van der Waals surface area contributed by atoms with Crippen molar-refractivity contribution >= 4 is 10.8 Å². The first kappa shape index (κ1) is 13.5. The highest BCUT2D eigenvalue weighted by Crippen LogP contribution is 2.20. The van der Waals surface area contributed by atoms with E-state index < -0.39 is 10.8 Å². The van der Waals surface area contributed by atoms with Crippen LogP contribution < -0.4 is 10.5 Å². The molecule has 1 saturated heterocycles. The minimum absolute atomic E-state index is 0.0699. The molecule has 0 aromatic heterocycles. The Morgan fingerprint density at radius 2 is 2.44 bits per heavy atom. The van der Waals surface area contributed by atoms with E-state index in [1.165, 1.54) is 0 Å². The maximum atomic E-state index is 12.2. The summed E-state index contributed by atoms with van der Waals surface area (Å²) in [6, 6.07) is 7.26. The number of ether oxygens (including phenoxy) is 2. The van der Waals surface area contributed by atoms with Crippen LogP contribution in [0.2, 0.25) is 0 Å². The normalized spacial score (nSPS) is 22.7. The molecule has 1 aliphatic rings. The van der Waals surface area contributed by atoms with Gasteiger partial charge in [-0.2, -0.15) is 0 Å². The lowest BCUT2D eigenvalue weighted by molar-refractivity contribution is 0.182. The first-order valence-corrected chi connectivity index (χ1v) is 7.38. The molecular weight excluding hydrogens is 250 g/mol. The fraction of sp³-hybridized carbons (Fsp3) is 0.538. The molecule has 1 fully saturated rings. The molecule has 5 heteroatoms. The average Bonchev–Trinajstić information content (AvgIpc) is 2.92. The van der Waals surface area contributed by atoms with Gasteiger partial charge >= 0.3 is 0 Å². The molecule has 0 radical (unpaired) electrons. The van der Waals surface area contributed by atoms with Crippen LogP contribution in [0.5, 0.6) is 5.75 Å². The van der Waals surface area contributed by atoms with Crippen molar-refractivity contribution in [3.05, 3.63) is 24.3 Å². The molecule has 4 nitrogen and oxygen atoms in total. The van der Waals surface area contributed by atoms with Gasteiger partial charge in [0.25, 0.3) is 0 Å². The molecule has 0 aliphatic carbocycles. The number of benzene rings is 1. The quantitative estimate of drug-likeness (QED) is 0.871. The molecule has 1 aromatic carbocycles. The van der Waals surface area contributed by atoms with Gasteiger partial charge in [0, 0.05) is 29.2 Å². The van der Waals surface area contributed by atoms with Gasteiger partial charge in [0.15, 0.2) is 0 Å². The molecular formula is C13H19NO3S. The van der Waals surface area contributed by atoms with Gasteiger partial charge in [-0.25, -0.2) is 0 Å². The van der Waals surface area contributed by atoms with E-state index in [2.05, 4.69) is 0 Å². The van der Waals surface area contributed by atoms with Crippen LogP contribution in [0.15, 0.2) is 29.2 Å². The van der Waals surface area contributed by atoms with Gasteiger partial charge in [0.1, 0.15) is 5.75 Å². The van der Waals surface area contributed by atoms with Crippen molar-refractivity contribution in [2.75, 3.05) is 26.1 Å². The monoisotopic (exact) mass is 269 g/mol. The van der Waals surface area contributed by atoms with E-state index in [-0.39, 0.29) is 6.04 Å². The zero-order valence-electron chi connectivity index (χ0n) is 10.5. The molecule has 0 spiro atoms. The van der Waals surface area contributed by atoms with Gasteiger partial charge < -0.3 is 15.2 Å². The van der Waals surface area contributed by atoms with Gasteiger partial charge in [-0.1, -0.05) is 6.07 Å². The highest BCUT2D eigenvalue weighted by molar-refractivity contribution is 7.85. The minimum Gasteiger partial charge on any atom is -0.497 e. The van der Waals surface area contributed by atoms with Crippen LogP contribution in [-0.2, 0) is 15.5 Å². The zero-order valence-corrected chi connectivity index (χ0v) is 11.3. The molecule has 0 amide bonds. The molecule has 1 aromatic rings. The van der Waals surface area contributed by atoms with Crippen molar-refractivity contribution < 1.29 is 13.7 Å². The number of nitrogens with two attached hydrogens (primary N) is 1. The van der Waals surface area contributed by atoms with Crippen LogP contribution in [0.3, 0.4) is 0 Å². The first-order chi connectivity index (χ1) is 8.70. The summed E-state index contributed by atoms with van der Waals surface area (Å²) in [7, 11) is 0.519. The Morgan fingerprint density at radius 1 is 1.61 bits per heavy atom. The van der Waals surface area contributed by atoms with Gasteiger partial charge in [0.05, 0.1) is 24.5 Å². The van der Waals surface area contributed by atoms with E-state index in [0.717, 1.165) is 23.7 Å². The maximum absolute atomic E-state index is 12.2. The number of rotatable bonds is 5. The van der Waals surface area contributed by atoms with E-state index in [1.54, 1.807) is 13.2 Å². The summed E-state index contributed by atoms with van der Waals surface area (Å²) in [6.45, 7) is 1.46.